The Balaban J connectivity index is 1.30. The molecule has 0 bridgehead atoms. The van der Waals surface area contributed by atoms with Crippen molar-refractivity contribution in [2.75, 3.05) is 9.80 Å². The number of anilines is 6. The van der Waals surface area contributed by atoms with E-state index in [1.165, 1.54) is 125 Å². The second-order valence-corrected chi connectivity index (χ2v) is 26.1. The van der Waals surface area contributed by atoms with Gasteiger partial charge in [-0.05, 0) is 173 Å². The van der Waals surface area contributed by atoms with Gasteiger partial charge in [0.15, 0.2) is 0 Å². The monoisotopic (exact) mass is 905 g/mol. The third kappa shape index (κ3) is 7.18. The van der Waals surface area contributed by atoms with Crippen LogP contribution in [0.15, 0.2) is 133 Å². The second kappa shape index (κ2) is 15.1. The Labute approximate surface area is 415 Å². The van der Waals surface area contributed by atoms with Crippen LogP contribution in [0.5, 0.6) is 0 Å². The quantitative estimate of drug-likeness (QED) is 0.162. The maximum absolute atomic E-state index is 2.75. The first-order chi connectivity index (χ1) is 32.4. The molecular formula is C66H73BN2. The first-order valence-electron chi connectivity index (χ1n) is 25.9. The lowest BCUT2D eigenvalue weighted by Gasteiger charge is -2.47. The highest BCUT2D eigenvalue weighted by Crippen LogP contribution is 2.55. The Kier molecular flexibility index (Phi) is 9.99. The molecule has 7 aromatic rings. The summed E-state index contributed by atoms with van der Waals surface area (Å²) >= 11 is 0. The van der Waals surface area contributed by atoms with Crippen molar-refractivity contribution >= 4 is 57.2 Å². The van der Waals surface area contributed by atoms with Gasteiger partial charge < -0.3 is 9.80 Å². The van der Waals surface area contributed by atoms with Gasteiger partial charge in [-0.1, -0.05) is 188 Å². The summed E-state index contributed by atoms with van der Waals surface area (Å²) in [4.78, 5) is 5.42. The molecule has 0 unspecified atom stereocenters. The molecule has 2 aliphatic heterocycles. The molecule has 0 N–H and O–H groups in total. The van der Waals surface area contributed by atoms with E-state index in [0.29, 0.717) is 0 Å². The fraction of sp³-hybridized carbons (Fsp3) is 0.364. The largest absolute Gasteiger partial charge is 0.311 e. The summed E-state index contributed by atoms with van der Waals surface area (Å²) in [5, 5.41) is 0. The average Bonchev–Trinajstić information content (AvgIpc) is 3.48. The minimum atomic E-state index is -0.135. The zero-order chi connectivity index (χ0) is 49.0. The van der Waals surface area contributed by atoms with Gasteiger partial charge in [-0.2, -0.15) is 0 Å². The summed E-state index contributed by atoms with van der Waals surface area (Å²) in [6.45, 7) is 36.4. The first kappa shape index (κ1) is 45.6. The van der Waals surface area contributed by atoms with E-state index in [0.717, 1.165) is 6.42 Å². The molecule has 350 valence electrons. The van der Waals surface area contributed by atoms with Crippen LogP contribution in [0.3, 0.4) is 0 Å². The lowest BCUT2D eigenvalue weighted by atomic mass is 9.33. The Bertz CT molecular complexity index is 3230. The van der Waals surface area contributed by atoms with Gasteiger partial charge >= 0.3 is 0 Å². The predicted octanol–water partition coefficient (Wildman–Crippen LogP) is 16.3. The van der Waals surface area contributed by atoms with E-state index in [9.17, 15) is 0 Å². The van der Waals surface area contributed by atoms with Gasteiger partial charge in [-0.3, -0.25) is 0 Å². The van der Waals surface area contributed by atoms with E-state index in [-0.39, 0.29) is 39.2 Å². The molecule has 3 heteroatoms. The van der Waals surface area contributed by atoms with Crippen LogP contribution in [0, 0.1) is 6.92 Å². The summed E-state index contributed by atoms with van der Waals surface area (Å²) in [6.07, 6.45) is 3.49. The van der Waals surface area contributed by atoms with E-state index >= 15 is 0 Å². The summed E-state index contributed by atoms with van der Waals surface area (Å²) in [7, 11) is 0. The van der Waals surface area contributed by atoms with Crippen LogP contribution in [-0.4, -0.2) is 6.71 Å². The molecule has 0 saturated carbocycles. The van der Waals surface area contributed by atoms with Gasteiger partial charge in [-0.25, -0.2) is 0 Å². The Morgan fingerprint density at radius 2 is 0.913 bits per heavy atom. The number of hydrogen-bond acceptors (Lipinski definition) is 2. The number of fused-ring (bicyclic) bond motifs is 6. The average molecular weight is 905 g/mol. The van der Waals surface area contributed by atoms with Gasteiger partial charge in [0.1, 0.15) is 0 Å². The number of hydrogen-bond donors (Lipinski definition) is 0. The lowest BCUT2D eigenvalue weighted by molar-refractivity contribution is 0.332. The first-order valence-corrected chi connectivity index (χ1v) is 25.9. The maximum atomic E-state index is 2.75. The molecule has 0 radical (unpaired) electrons. The third-order valence-corrected chi connectivity index (χ3v) is 17.1. The van der Waals surface area contributed by atoms with Crippen LogP contribution in [0.1, 0.15) is 155 Å². The highest BCUT2D eigenvalue weighted by atomic mass is 15.2. The van der Waals surface area contributed by atoms with Crippen molar-refractivity contribution in [2.24, 2.45) is 0 Å². The summed E-state index contributed by atoms with van der Waals surface area (Å²) < 4.78 is 0. The van der Waals surface area contributed by atoms with Crippen molar-refractivity contribution in [1.82, 2.24) is 0 Å². The minimum Gasteiger partial charge on any atom is -0.311 e. The third-order valence-electron chi connectivity index (χ3n) is 17.1. The van der Waals surface area contributed by atoms with Crippen molar-refractivity contribution < 1.29 is 0 Å². The molecule has 4 aliphatic rings. The zero-order valence-electron chi connectivity index (χ0n) is 44.3. The number of aryl methyl sites for hydroxylation is 1. The SMILES string of the molecule is Cc1cc2c(cc1N1c3cc4c(cc3B3c5ccc(-c6ccccc6)cc5N(c5ccc(C(C)(C)C)cc5-c5ccccc5)c5cc(C(C)(C)C)cc1c53)C(C)(C)CC4(C)C)C(C)(C)CCC2(C)C. The molecule has 0 aromatic heterocycles. The van der Waals surface area contributed by atoms with E-state index in [4.69, 9.17) is 0 Å². The summed E-state index contributed by atoms with van der Waals surface area (Å²) in [5.41, 5.74) is 26.8. The topological polar surface area (TPSA) is 6.48 Å². The smallest absolute Gasteiger partial charge is 0.252 e. The summed E-state index contributed by atoms with van der Waals surface area (Å²) in [6, 6.07) is 52.5. The standard InChI is InChI=1S/C66H73BN2/c1-41-32-48-50(64(10,11)31-30-63(48,8)9)38-55(41)69-57-39-51-49(65(12,13)40-66(51,14)15)37-53(57)67-52-28-26-44(42-22-18-16-19-23-42)33-56(52)68(58-35-46(62(5,6)7)36-59(69)60(58)67)54-29-27-45(61(2,3)4)34-47(54)43-24-20-17-21-25-43/h16-29,32-39H,30-31,40H2,1-15H3. The highest BCUT2D eigenvalue weighted by Gasteiger charge is 2.49. The Morgan fingerprint density at radius 1 is 0.406 bits per heavy atom. The molecule has 0 saturated heterocycles. The number of rotatable bonds is 4. The van der Waals surface area contributed by atoms with Crippen molar-refractivity contribution in [3.8, 4) is 22.3 Å². The second-order valence-electron chi connectivity index (χ2n) is 26.1. The number of nitrogens with zero attached hydrogens (tertiary/aromatic N) is 2. The minimum absolute atomic E-state index is 0.0125. The molecule has 0 spiro atoms. The Hall–Kier alpha value is -5.80. The van der Waals surface area contributed by atoms with Crippen LogP contribution in [-0.2, 0) is 32.5 Å². The molecule has 0 amide bonds. The normalized spacial score (nSPS) is 18.0. The molecule has 2 heterocycles. The highest BCUT2D eigenvalue weighted by molar-refractivity contribution is 7.00. The van der Waals surface area contributed by atoms with Crippen LogP contribution in [0.4, 0.5) is 34.1 Å². The van der Waals surface area contributed by atoms with Crippen molar-refractivity contribution in [1.29, 1.82) is 0 Å². The maximum Gasteiger partial charge on any atom is 0.252 e. The molecule has 7 aromatic carbocycles. The molecule has 69 heavy (non-hydrogen) atoms. The molecule has 0 fully saturated rings. The van der Waals surface area contributed by atoms with Crippen LogP contribution >= 0.6 is 0 Å². The van der Waals surface area contributed by atoms with Gasteiger partial charge in [0, 0.05) is 34.0 Å². The van der Waals surface area contributed by atoms with E-state index in [1.54, 1.807) is 0 Å². The van der Waals surface area contributed by atoms with Gasteiger partial charge in [0.05, 0.1) is 5.69 Å². The van der Waals surface area contributed by atoms with Gasteiger partial charge in [0.25, 0.3) is 6.71 Å². The zero-order valence-corrected chi connectivity index (χ0v) is 44.3. The fourth-order valence-corrected chi connectivity index (χ4v) is 13.2. The molecular weight excluding hydrogens is 832 g/mol. The fourth-order valence-electron chi connectivity index (χ4n) is 13.2. The Morgan fingerprint density at radius 3 is 1.51 bits per heavy atom. The molecule has 11 rings (SSSR count). The van der Waals surface area contributed by atoms with Crippen molar-refractivity contribution in [3.05, 3.63) is 172 Å². The molecule has 0 atom stereocenters. The van der Waals surface area contributed by atoms with Crippen molar-refractivity contribution in [3.63, 3.8) is 0 Å². The van der Waals surface area contributed by atoms with Crippen LogP contribution in [0.25, 0.3) is 22.3 Å². The predicted molar refractivity (Wildman–Crippen MR) is 299 cm³/mol. The van der Waals surface area contributed by atoms with Crippen LogP contribution < -0.4 is 26.2 Å². The van der Waals surface area contributed by atoms with Crippen molar-refractivity contribution in [2.45, 2.75) is 156 Å². The van der Waals surface area contributed by atoms with Crippen LogP contribution in [0.2, 0.25) is 0 Å². The summed E-state index contributed by atoms with van der Waals surface area (Å²) in [5.74, 6) is 0. The van der Waals surface area contributed by atoms with Gasteiger partial charge in [0.2, 0.25) is 0 Å². The number of benzene rings is 7. The van der Waals surface area contributed by atoms with E-state index in [2.05, 4.69) is 247 Å². The van der Waals surface area contributed by atoms with Gasteiger partial charge in [-0.15, -0.1) is 0 Å². The van der Waals surface area contributed by atoms with E-state index in [1.807, 2.05) is 0 Å². The molecule has 2 nitrogen and oxygen atoms in total. The lowest BCUT2D eigenvalue weighted by Crippen LogP contribution is -2.61. The molecule has 2 aliphatic carbocycles. The van der Waals surface area contributed by atoms with E-state index < -0.39 is 0 Å².